The molecular formula is C15H25ClN2O2. The molecule has 0 spiro atoms. The van der Waals surface area contributed by atoms with Gasteiger partial charge in [-0.15, -0.1) is 12.4 Å². The van der Waals surface area contributed by atoms with Crippen molar-refractivity contribution in [3.05, 3.63) is 23.8 Å². The van der Waals surface area contributed by atoms with Gasteiger partial charge in [0.05, 0.1) is 14.2 Å². The summed E-state index contributed by atoms with van der Waals surface area (Å²) in [4.78, 5) is 2.44. The molecule has 1 aromatic rings. The van der Waals surface area contributed by atoms with Gasteiger partial charge in [-0.1, -0.05) is 12.1 Å². The molecule has 0 bridgehead atoms. The molecule has 0 aromatic heterocycles. The smallest absolute Gasteiger partial charge is 0.165 e. The number of halogens is 1. The topological polar surface area (TPSA) is 47.7 Å². The highest BCUT2D eigenvalue weighted by atomic mass is 35.5. The van der Waals surface area contributed by atoms with Gasteiger partial charge in [-0.05, 0) is 31.9 Å². The summed E-state index contributed by atoms with van der Waals surface area (Å²) in [5, 5.41) is 0. The quantitative estimate of drug-likeness (QED) is 0.906. The number of nitrogens with zero attached hydrogens (tertiary/aromatic N) is 1. The summed E-state index contributed by atoms with van der Waals surface area (Å²) in [6, 6.07) is 6.31. The molecule has 1 aliphatic heterocycles. The van der Waals surface area contributed by atoms with E-state index in [-0.39, 0.29) is 18.4 Å². The SMILES string of the molecule is COc1cccc(CN2CCC(C(C)N)C2)c1OC.Cl. The second-order valence-electron chi connectivity index (χ2n) is 5.30. The summed E-state index contributed by atoms with van der Waals surface area (Å²) in [5.74, 6) is 2.24. The molecule has 0 amide bonds. The fraction of sp³-hybridized carbons (Fsp3) is 0.600. The summed E-state index contributed by atoms with van der Waals surface area (Å²) < 4.78 is 10.8. The molecule has 114 valence electrons. The molecule has 2 atom stereocenters. The Hall–Kier alpha value is -0.970. The average Bonchev–Trinajstić information content (AvgIpc) is 2.87. The third-order valence-electron chi connectivity index (χ3n) is 3.93. The van der Waals surface area contributed by atoms with E-state index in [9.17, 15) is 0 Å². The van der Waals surface area contributed by atoms with Crippen LogP contribution in [-0.4, -0.2) is 38.3 Å². The van der Waals surface area contributed by atoms with Crippen LogP contribution in [0, 0.1) is 5.92 Å². The van der Waals surface area contributed by atoms with Crippen molar-refractivity contribution in [2.24, 2.45) is 11.7 Å². The van der Waals surface area contributed by atoms with Crippen LogP contribution in [0.5, 0.6) is 11.5 Å². The number of rotatable bonds is 5. The fourth-order valence-electron chi connectivity index (χ4n) is 2.75. The summed E-state index contributed by atoms with van der Waals surface area (Å²) in [6.45, 7) is 5.16. The van der Waals surface area contributed by atoms with Gasteiger partial charge in [0.2, 0.25) is 0 Å². The van der Waals surface area contributed by atoms with E-state index in [2.05, 4.69) is 17.9 Å². The molecule has 1 heterocycles. The van der Waals surface area contributed by atoms with Crippen LogP contribution in [0.3, 0.4) is 0 Å². The van der Waals surface area contributed by atoms with Gasteiger partial charge in [0.1, 0.15) is 0 Å². The molecule has 1 aliphatic rings. The van der Waals surface area contributed by atoms with Crippen molar-refractivity contribution in [1.82, 2.24) is 4.90 Å². The van der Waals surface area contributed by atoms with E-state index < -0.39 is 0 Å². The lowest BCUT2D eigenvalue weighted by atomic mass is 10.0. The molecule has 5 heteroatoms. The Morgan fingerprint density at radius 3 is 2.65 bits per heavy atom. The van der Waals surface area contributed by atoms with Crippen molar-refractivity contribution in [1.29, 1.82) is 0 Å². The maximum atomic E-state index is 5.98. The van der Waals surface area contributed by atoms with Crippen molar-refractivity contribution < 1.29 is 9.47 Å². The minimum atomic E-state index is 0. The van der Waals surface area contributed by atoms with Gasteiger partial charge >= 0.3 is 0 Å². The monoisotopic (exact) mass is 300 g/mol. The first-order valence-electron chi connectivity index (χ1n) is 6.83. The average molecular weight is 301 g/mol. The zero-order valence-corrected chi connectivity index (χ0v) is 13.3. The van der Waals surface area contributed by atoms with Crippen molar-refractivity contribution >= 4 is 12.4 Å². The summed E-state index contributed by atoms with van der Waals surface area (Å²) in [6.07, 6.45) is 1.18. The third-order valence-corrected chi connectivity index (χ3v) is 3.93. The van der Waals surface area contributed by atoms with Crippen LogP contribution >= 0.6 is 12.4 Å². The van der Waals surface area contributed by atoms with Crippen LogP contribution in [-0.2, 0) is 6.54 Å². The minimum absolute atomic E-state index is 0. The molecule has 2 N–H and O–H groups in total. The van der Waals surface area contributed by atoms with Crippen molar-refractivity contribution in [2.45, 2.75) is 25.9 Å². The number of hydrogen-bond acceptors (Lipinski definition) is 4. The third kappa shape index (κ3) is 3.78. The lowest BCUT2D eigenvalue weighted by Crippen LogP contribution is -2.29. The van der Waals surface area contributed by atoms with E-state index in [1.807, 2.05) is 12.1 Å². The van der Waals surface area contributed by atoms with Gasteiger partial charge < -0.3 is 15.2 Å². The first kappa shape index (κ1) is 17.1. The molecule has 1 fully saturated rings. The van der Waals surface area contributed by atoms with Crippen molar-refractivity contribution in [2.75, 3.05) is 27.3 Å². The summed E-state index contributed by atoms with van der Waals surface area (Å²) >= 11 is 0. The maximum absolute atomic E-state index is 5.98. The van der Waals surface area contributed by atoms with Crippen molar-refractivity contribution in [3.63, 3.8) is 0 Å². The number of benzene rings is 1. The Balaban J connectivity index is 0.00000200. The highest BCUT2D eigenvalue weighted by Crippen LogP contribution is 2.32. The van der Waals surface area contributed by atoms with Gasteiger partial charge in [-0.2, -0.15) is 0 Å². The Labute approximate surface area is 127 Å². The molecule has 0 saturated carbocycles. The Morgan fingerprint density at radius 2 is 2.10 bits per heavy atom. The number of methoxy groups -OCH3 is 2. The van der Waals surface area contributed by atoms with E-state index in [4.69, 9.17) is 15.2 Å². The summed E-state index contributed by atoms with van der Waals surface area (Å²) in [7, 11) is 3.36. The number of ether oxygens (including phenoxy) is 2. The van der Waals surface area contributed by atoms with Crippen LogP contribution in [0.25, 0.3) is 0 Å². The summed E-state index contributed by atoms with van der Waals surface area (Å²) in [5.41, 5.74) is 7.16. The second kappa shape index (κ2) is 7.72. The van der Waals surface area contributed by atoms with Crippen LogP contribution in [0.4, 0.5) is 0 Å². The first-order valence-corrected chi connectivity index (χ1v) is 6.83. The fourth-order valence-corrected chi connectivity index (χ4v) is 2.75. The standard InChI is InChI=1S/C15H24N2O2.ClH/c1-11(16)12-7-8-17(9-12)10-13-5-4-6-14(18-2)15(13)19-3;/h4-6,11-12H,7-10,16H2,1-3H3;1H. The Bertz CT molecular complexity index is 426. The molecule has 1 saturated heterocycles. The highest BCUT2D eigenvalue weighted by molar-refractivity contribution is 5.85. The second-order valence-corrected chi connectivity index (χ2v) is 5.30. The predicted octanol–water partition coefficient (Wildman–Crippen LogP) is 2.29. The number of hydrogen-bond donors (Lipinski definition) is 1. The zero-order valence-electron chi connectivity index (χ0n) is 12.5. The van der Waals surface area contributed by atoms with E-state index in [0.29, 0.717) is 5.92 Å². The molecule has 2 unspecified atom stereocenters. The Kier molecular flexibility index (Phi) is 6.59. The van der Waals surface area contributed by atoms with Gasteiger partial charge in [0.25, 0.3) is 0 Å². The number of nitrogens with two attached hydrogens (primary N) is 1. The van der Waals surface area contributed by atoms with E-state index in [1.54, 1.807) is 14.2 Å². The normalized spacial score (nSPS) is 20.3. The van der Waals surface area contributed by atoms with Gasteiger partial charge in [-0.3, -0.25) is 4.90 Å². The van der Waals surface area contributed by atoms with Crippen molar-refractivity contribution in [3.8, 4) is 11.5 Å². The molecule has 0 aliphatic carbocycles. The first-order chi connectivity index (χ1) is 9.15. The van der Waals surface area contributed by atoms with Crippen LogP contribution < -0.4 is 15.2 Å². The van der Waals surface area contributed by atoms with Crippen LogP contribution in [0.1, 0.15) is 18.9 Å². The van der Waals surface area contributed by atoms with E-state index in [0.717, 1.165) is 31.1 Å². The minimum Gasteiger partial charge on any atom is -0.493 e. The molecule has 1 aromatic carbocycles. The Morgan fingerprint density at radius 1 is 1.35 bits per heavy atom. The van der Waals surface area contributed by atoms with Gasteiger partial charge in [0, 0.05) is 24.7 Å². The number of para-hydroxylation sites is 1. The molecule has 4 nitrogen and oxygen atoms in total. The predicted molar refractivity (Wildman–Crippen MR) is 83.8 cm³/mol. The highest BCUT2D eigenvalue weighted by Gasteiger charge is 2.26. The van der Waals surface area contributed by atoms with E-state index in [1.165, 1.54) is 12.0 Å². The van der Waals surface area contributed by atoms with Gasteiger partial charge in [0.15, 0.2) is 11.5 Å². The van der Waals surface area contributed by atoms with Crippen LogP contribution in [0.15, 0.2) is 18.2 Å². The number of likely N-dealkylation sites (tertiary alicyclic amines) is 1. The molecule has 2 rings (SSSR count). The maximum Gasteiger partial charge on any atom is 0.165 e. The van der Waals surface area contributed by atoms with E-state index >= 15 is 0 Å². The zero-order chi connectivity index (χ0) is 13.8. The molecule has 20 heavy (non-hydrogen) atoms. The largest absolute Gasteiger partial charge is 0.493 e. The molecule has 0 radical (unpaired) electrons. The van der Waals surface area contributed by atoms with Gasteiger partial charge in [-0.25, -0.2) is 0 Å². The van der Waals surface area contributed by atoms with Crippen LogP contribution in [0.2, 0.25) is 0 Å². The molecular weight excluding hydrogens is 276 g/mol. The lowest BCUT2D eigenvalue weighted by molar-refractivity contribution is 0.296. The lowest BCUT2D eigenvalue weighted by Gasteiger charge is -2.20.